The molecule has 5 rings (SSSR count). The van der Waals surface area contributed by atoms with Crippen LogP contribution in [-0.2, 0) is 0 Å². The van der Waals surface area contributed by atoms with E-state index in [0.29, 0.717) is 11.8 Å². The van der Waals surface area contributed by atoms with Crippen LogP contribution in [0.5, 0.6) is 0 Å². The van der Waals surface area contributed by atoms with Crippen LogP contribution in [0.2, 0.25) is 0 Å². The van der Waals surface area contributed by atoms with Crippen LogP contribution in [0.4, 0.5) is 29.2 Å². The van der Waals surface area contributed by atoms with Crippen LogP contribution in [0.15, 0.2) is 66.1 Å². The number of fused-ring (bicyclic) bond motifs is 1. The Labute approximate surface area is 230 Å². The van der Waals surface area contributed by atoms with Crippen LogP contribution in [0.3, 0.4) is 0 Å². The van der Waals surface area contributed by atoms with Gasteiger partial charge in [0.25, 0.3) is 12.0 Å². The number of aromatic nitrogens is 6. The van der Waals surface area contributed by atoms with Gasteiger partial charge in [-0.2, -0.15) is 0 Å². The SMILES string of the molecule is CCC(Nc1ncnc(N)c1C#Cc1cnccn1)c1nc2cccc(C(F)F)c2c(=O)n1-c1cc(F)cc(F)c1. The zero-order valence-electron chi connectivity index (χ0n) is 21.3. The first-order valence-corrected chi connectivity index (χ1v) is 12.2. The van der Waals surface area contributed by atoms with Gasteiger partial charge in [-0.25, -0.2) is 37.5 Å². The quantitative estimate of drug-likeness (QED) is 0.226. The van der Waals surface area contributed by atoms with Gasteiger partial charge in [-0.1, -0.05) is 25.0 Å². The van der Waals surface area contributed by atoms with Gasteiger partial charge in [0.2, 0.25) is 0 Å². The van der Waals surface area contributed by atoms with Crippen molar-refractivity contribution in [2.45, 2.75) is 25.8 Å². The molecule has 0 spiro atoms. The second-order valence-electron chi connectivity index (χ2n) is 8.71. The predicted octanol–water partition coefficient (Wildman–Crippen LogP) is 4.73. The number of halogens is 4. The van der Waals surface area contributed by atoms with E-state index in [9.17, 15) is 22.4 Å². The number of alkyl halides is 2. The van der Waals surface area contributed by atoms with Crippen molar-refractivity contribution >= 4 is 22.5 Å². The van der Waals surface area contributed by atoms with Gasteiger partial charge < -0.3 is 11.1 Å². The number of rotatable bonds is 6. The molecule has 5 aromatic rings. The molecule has 0 radical (unpaired) electrons. The summed E-state index contributed by atoms with van der Waals surface area (Å²) in [6.45, 7) is 1.76. The number of benzene rings is 2. The molecule has 0 saturated carbocycles. The van der Waals surface area contributed by atoms with Crippen molar-refractivity contribution in [1.29, 1.82) is 0 Å². The monoisotopic (exact) mass is 560 g/mol. The van der Waals surface area contributed by atoms with Crippen molar-refractivity contribution in [1.82, 2.24) is 29.5 Å². The highest BCUT2D eigenvalue weighted by atomic mass is 19.3. The van der Waals surface area contributed by atoms with Crippen LogP contribution in [0, 0.1) is 23.5 Å². The Morgan fingerprint density at radius 2 is 1.83 bits per heavy atom. The summed E-state index contributed by atoms with van der Waals surface area (Å²) in [5, 5.41) is 2.76. The zero-order valence-corrected chi connectivity index (χ0v) is 21.3. The van der Waals surface area contributed by atoms with Crippen LogP contribution < -0.4 is 16.6 Å². The van der Waals surface area contributed by atoms with E-state index in [2.05, 4.69) is 42.1 Å². The van der Waals surface area contributed by atoms with Crippen LogP contribution in [-0.4, -0.2) is 29.5 Å². The highest BCUT2D eigenvalue weighted by molar-refractivity contribution is 5.82. The summed E-state index contributed by atoms with van der Waals surface area (Å²) in [6.07, 6.45) is 2.91. The van der Waals surface area contributed by atoms with Gasteiger partial charge >= 0.3 is 0 Å². The maximum absolute atomic E-state index is 14.3. The Morgan fingerprint density at radius 3 is 2.51 bits per heavy atom. The third-order valence-corrected chi connectivity index (χ3v) is 6.08. The number of nitrogen functional groups attached to an aromatic ring is 1. The summed E-state index contributed by atoms with van der Waals surface area (Å²) >= 11 is 0. The van der Waals surface area contributed by atoms with E-state index in [1.807, 2.05) is 0 Å². The molecule has 0 amide bonds. The molecule has 0 aliphatic carbocycles. The van der Waals surface area contributed by atoms with E-state index in [-0.39, 0.29) is 46.0 Å². The van der Waals surface area contributed by atoms with Gasteiger partial charge in [0.15, 0.2) is 0 Å². The topological polar surface area (TPSA) is 124 Å². The molecular weight excluding hydrogens is 540 g/mol. The van der Waals surface area contributed by atoms with Crippen LogP contribution >= 0.6 is 0 Å². The molecule has 3 heterocycles. The molecule has 0 saturated heterocycles. The molecular formula is C28H20F4N8O. The van der Waals surface area contributed by atoms with Gasteiger partial charge in [0.1, 0.15) is 46.7 Å². The van der Waals surface area contributed by atoms with Crippen molar-refractivity contribution in [3.05, 3.63) is 106 Å². The minimum absolute atomic E-state index is 0.00793. The minimum Gasteiger partial charge on any atom is -0.382 e. The van der Waals surface area contributed by atoms with Crippen molar-refractivity contribution in [2.75, 3.05) is 11.1 Å². The standard InChI is InChI=1S/C28H20F4N8O/c1-2-21(38-26-20(25(33)36-14-37-26)7-6-17-13-34-8-9-35-17)27-39-22-5-3-4-19(24(31)32)23(22)28(41)40(27)18-11-15(29)10-16(30)12-18/h3-5,8-14,21,24H,2H2,1H3,(H3,33,36,37,38). The summed E-state index contributed by atoms with van der Waals surface area (Å²) in [7, 11) is 0. The molecule has 9 nitrogen and oxygen atoms in total. The van der Waals surface area contributed by atoms with E-state index < -0.39 is 35.2 Å². The molecule has 13 heteroatoms. The lowest BCUT2D eigenvalue weighted by Gasteiger charge is -2.23. The number of nitrogens with two attached hydrogens (primary N) is 1. The number of nitrogens with zero attached hydrogens (tertiary/aromatic N) is 6. The number of anilines is 2. The second kappa shape index (κ2) is 11.4. The highest BCUT2D eigenvalue weighted by Gasteiger charge is 2.25. The van der Waals surface area contributed by atoms with Crippen LogP contribution in [0.1, 0.15) is 48.5 Å². The lowest BCUT2D eigenvalue weighted by molar-refractivity contribution is 0.153. The largest absolute Gasteiger partial charge is 0.382 e. The van der Waals surface area contributed by atoms with Crippen molar-refractivity contribution < 1.29 is 17.6 Å². The Morgan fingerprint density at radius 1 is 1.05 bits per heavy atom. The highest BCUT2D eigenvalue weighted by Crippen LogP contribution is 2.29. The van der Waals surface area contributed by atoms with E-state index in [1.165, 1.54) is 37.1 Å². The van der Waals surface area contributed by atoms with E-state index >= 15 is 0 Å². The minimum atomic E-state index is -2.99. The molecule has 3 N–H and O–H groups in total. The Bertz CT molecular complexity index is 1850. The van der Waals surface area contributed by atoms with Gasteiger partial charge in [-0.3, -0.25) is 14.3 Å². The summed E-state index contributed by atoms with van der Waals surface area (Å²) in [5.74, 6) is 3.97. The fourth-order valence-corrected chi connectivity index (χ4v) is 4.24. The normalized spacial score (nSPS) is 11.8. The van der Waals surface area contributed by atoms with Gasteiger partial charge in [0, 0.05) is 24.0 Å². The molecule has 41 heavy (non-hydrogen) atoms. The maximum Gasteiger partial charge on any atom is 0.266 e. The average Bonchev–Trinajstić information content (AvgIpc) is 2.95. The van der Waals surface area contributed by atoms with Gasteiger partial charge in [0.05, 0.1) is 28.8 Å². The van der Waals surface area contributed by atoms with Gasteiger partial charge in [-0.05, 0) is 30.5 Å². The maximum atomic E-state index is 14.3. The third-order valence-electron chi connectivity index (χ3n) is 6.08. The fourth-order valence-electron chi connectivity index (χ4n) is 4.24. The summed E-state index contributed by atoms with van der Waals surface area (Å²) in [5.41, 5.74) is 4.94. The lowest BCUT2D eigenvalue weighted by Crippen LogP contribution is -2.29. The smallest absolute Gasteiger partial charge is 0.266 e. The molecule has 1 unspecified atom stereocenters. The average molecular weight is 561 g/mol. The first kappa shape index (κ1) is 27.2. The van der Waals surface area contributed by atoms with Crippen molar-refractivity contribution in [2.24, 2.45) is 0 Å². The fraction of sp³-hybridized carbons (Fsp3) is 0.143. The first-order chi connectivity index (χ1) is 19.8. The molecule has 0 aliphatic heterocycles. The molecule has 3 aromatic heterocycles. The Hall–Kier alpha value is -5.38. The molecule has 206 valence electrons. The Kier molecular flexibility index (Phi) is 7.55. The molecule has 1 atom stereocenters. The Balaban J connectivity index is 1.71. The second-order valence-corrected chi connectivity index (χ2v) is 8.71. The number of hydrogen-bond donors (Lipinski definition) is 2. The molecule has 0 aliphatic rings. The van der Waals surface area contributed by atoms with Crippen LogP contribution in [0.25, 0.3) is 16.6 Å². The number of hydrogen-bond acceptors (Lipinski definition) is 8. The first-order valence-electron chi connectivity index (χ1n) is 12.2. The van der Waals surface area contributed by atoms with E-state index in [1.54, 1.807) is 6.92 Å². The van der Waals surface area contributed by atoms with Gasteiger partial charge in [-0.15, -0.1) is 0 Å². The van der Waals surface area contributed by atoms with Crippen molar-refractivity contribution in [3.8, 4) is 17.5 Å². The summed E-state index contributed by atoms with van der Waals surface area (Å²) in [6, 6.07) is 5.50. The molecule has 2 aromatic carbocycles. The molecule has 0 bridgehead atoms. The van der Waals surface area contributed by atoms with E-state index in [4.69, 9.17) is 5.73 Å². The predicted molar refractivity (Wildman–Crippen MR) is 143 cm³/mol. The number of nitrogens with one attached hydrogen (secondary N) is 1. The zero-order chi connectivity index (χ0) is 29.1. The van der Waals surface area contributed by atoms with E-state index in [0.717, 1.165) is 22.8 Å². The van der Waals surface area contributed by atoms with Crippen molar-refractivity contribution in [3.63, 3.8) is 0 Å². The third kappa shape index (κ3) is 5.53. The summed E-state index contributed by atoms with van der Waals surface area (Å²) < 4.78 is 57.2. The summed E-state index contributed by atoms with van der Waals surface area (Å²) in [4.78, 5) is 34.6. The molecule has 0 fully saturated rings. The lowest BCUT2D eigenvalue weighted by atomic mass is 10.1.